The van der Waals surface area contributed by atoms with E-state index >= 15 is 0 Å². The number of benzene rings is 2. The Morgan fingerprint density at radius 2 is 1.85 bits per heavy atom. The topological polar surface area (TPSA) is 110 Å². The minimum absolute atomic E-state index is 0.154. The SMILES string of the molecule is Cc1cccc(C(=O)Nc2ccc(C)c(Nc3cc(C)nn3-c3cc(NCCc4cccnc4)ncn3)c2)c1. The summed E-state index contributed by atoms with van der Waals surface area (Å²) in [5.41, 5.74) is 6.21. The van der Waals surface area contributed by atoms with Crippen molar-refractivity contribution < 1.29 is 4.79 Å². The van der Waals surface area contributed by atoms with E-state index in [0.717, 1.165) is 40.3 Å². The molecule has 0 aliphatic rings. The molecule has 0 aliphatic carbocycles. The number of carbonyl (C=O) groups is 1. The van der Waals surface area contributed by atoms with Gasteiger partial charge < -0.3 is 16.0 Å². The highest BCUT2D eigenvalue weighted by molar-refractivity contribution is 6.04. The van der Waals surface area contributed by atoms with Crippen molar-refractivity contribution in [1.29, 1.82) is 0 Å². The largest absolute Gasteiger partial charge is 0.370 e. The van der Waals surface area contributed by atoms with Gasteiger partial charge in [-0.2, -0.15) is 9.78 Å². The fourth-order valence-electron chi connectivity index (χ4n) is 4.17. The summed E-state index contributed by atoms with van der Waals surface area (Å²) in [7, 11) is 0. The Hall–Kier alpha value is -5.05. The molecule has 3 N–H and O–H groups in total. The first-order chi connectivity index (χ1) is 18.9. The molecular weight excluding hydrogens is 488 g/mol. The molecule has 9 heteroatoms. The highest BCUT2D eigenvalue weighted by Gasteiger charge is 2.13. The van der Waals surface area contributed by atoms with Crippen molar-refractivity contribution in [3.8, 4) is 5.82 Å². The Morgan fingerprint density at radius 1 is 0.949 bits per heavy atom. The van der Waals surface area contributed by atoms with Crippen LogP contribution in [0.15, 0.2) is 85.5 Å². The fraction of sp³-hybridized carbons (Fsp3) is 0.167. The van der Waals surface area contributed by atoms with E-state index in [0.29, 0.717) is 29.4 Å². The Morgan fingerprint density at radius 3 is 2.67 bits per heavy atom. The summed E-state index contributed by atoms with van der Waals surface area (Å²) in [6.07, 6.45) is 5.99. The first-order valence-electron chi connectivity index (χ1n) is 12.7. The maximum atomic E-state index is 12.8. The number of nitrogens with zero attached hydrogens (tertiary/aromatic N) is 5. The van der Waals surface area contributed by atoms with Crippen molar-refractivity contribution in [3.63, 3.8) is 0 Å². The number of pyridine rings is 1. The van der Waals surface area contributed by atoms with Crippen LogP contribution in [-0.2, 0) is 6.42 Å². The Labute approximate surface area is 227 Å². The molecule has 0 aliphatic heterocycles. The molecule has 0 fully saturated rings. The third-order valence-corrected chi connectivity index (χ3v) is 6.18. The maximum absolute atomic E-state index is 12.8. The van der Waals surface area contributed by atoms with E-state index in [9.17, 15) is 4.79 Å². The quantitative estimate of drug-likeness (QED) is 0.232. The van der Waals surface area contributed by atoms with Gasteiger partial charge in [0.2, 0.25) is 0 Å². The lowest BCUT2D eigenvalue weighted by atomic mass is 10.1. The summed E-state index contributed by atoms with van der Waals surface area (Å²) in [5, 5.41) is 14.5. The number of anilines is 4. The third kappa shape index (κ3) is 6.45. The van der Waals surface area contributed by atoms with E-state index < -0.39 is 0 Å². The Bertz CT molecular complexity index is 1600. The van der Waals surface area contributed by atoms with Crippen LogP contribution in [0.5, 0.6) is 0 Å². The number of aryl methyl sites for hydroxylation is 3. The van der Waals surface area contributed by atoms with Crippen LogP contribution in [0.1, 0.15) is 32.7 Å². The molecule has 0 spiro atoms. The molecule has 0 saturated carbocycles. The van der Waals surface area contributed by atoms with Crippen LogP contribution in [0.2, 0.25) is 0 Å². The number of hydrogen-bond acceptors (Lipinski definition) is 7. The summed E-state index contributed by atoms with van der Waals surface area (Å²) in [6, 6.07) is 21.1. The van der Waals surface area contributed by atoms with Crippen LogP contribution in [0.4, 0.5) is 23.0 Å². The number of amides is 1. The van der Waals surface area contributed by atoms with Gasteiger partial charge in [-0.15, -0.1) is 0 Å². The molecule has 5 aromatic rings. The molecule has 0 unspecified atom stereocenters. The molecule has 9 nitrogen and oxygen atoms in total. The standard InChI is InChI=1S/C30H30N8O/c1-20-6-4-8-24(14-20)30(39)35-25-10-9-21(2)26(16-25)36-29-15-22(3)37-38(29)28-17-27(33-19-34-28)32-13-11-23-7-5-12-31-18-23/h4-10,12,14-19,36H,11,13H2,1-3H3,(H,35,39)(H,32,33,34). The summed E-state index contributed by atoms with van der Waals surface area (Å²) in [4.78, 5) is 25.8. The van der Waals surface area contributed by atoms with E-state index in [2.05, 4.69) is 42.1 Å². The minimum atomic E-state index is -0.154. The van der Waals surface area contributed by atoms with Crippen molar-refractivity contribution >= 4 is 28.9 Å². The second-order valence-corrected chi connectivity index (χ2v) is 9.36. The Balaban J connectivity index is 1.32. The van der Waals surface area contributed by atoms with Crippen molar-refractivity contribution in [2.75, 3.05) is 22.5 Å². The lowest BCUT2D eigenvalue weighted by molar-refractivity contribution is 0.102. The van der Waals surface area contributed by atoms with Gasteiger partial charge in [0.1, 0.15) is 18.0 Å². The van der Waals surface area contributed by atoms with Crippen molar-refractivity contribution in [2.24, 2.45) is 0 Å². The van der Waals surface area contributed by atoms with E-state index in [-0.39, 0.29) is 5.91 Å². The van der Waals surface area contributed by atoms with E-state index in [1.165, 1.54) is 6.33 Å². The molecule has 196 valence electrons. The van der Waals surface area contributed by atoms with Crippen LogP contribution >= 0.6 is 0 Å². The predicted octanol–water partition coefficient (Wildman–Crippen LogP) is 5.63. The van der Waals surface area contributed by atoms with Gasteiger partial charge in [-0.3, -0.25) is 9.78 Å². The molecule has 3 aromatic heterocycles. The first-order valence-corrected chi connectivity index (χ1v) is 12.7. The van der Waals surface area contributed by atoms with Crippen molar-refractivity contribution in [1.82, 2.24) is 24.7 Å². The van der Waals surface area contributed by atoms with Gasteiger partial charge in [0.05, 0.1) is 5.69 Å². The number of nitrogens with one attached hydrogen (secondary N) is 3. The predicted molar refractivity (Wildman–Crippen MR) is 154 cm³/mol. The molecule has 3 heterocycles. The highest BCUT2D eigenvalue weighted by atomic mass is 16.1. The van der Waals surface area contributed by atoms with E-state index in [1.807, 2.05) is 81.6 Å². The van der Waals surface area contributed by atoms with E-state index in [4.69, 9.17) is 0 Å². The molecular formula is C30H30N8O. The number of rotatable bonds is 9. The van der Waals surface area contributed by atoms with Gasteiger partial charge in [0, 0.05) is 48.0 Å². The fourth-order valence-corrected chi connectivity index (χ4v) is 4.17. The second kappa shape index (κ2) is 11.6. The average Bonchev–Trinajstić information content (AvgIpc) is 3.31. The van der Waals surface area contributed by atoms with Crippen LogP contribution in [0.3, 0.4) is 0 Å². The van der Waals surface area contributed by atoms with Crippen molar-refractivity contribution in [3.05, 3.63) is 113 Å². The lowest BCUT2D eigenvalue weighted by Crippen LogP contribution is -2.12. The Kier molecular flexibility index (Phi) is 7.58. The molecule has 39 heavy (non-hydrogen) atoms. The summed E-state index contributed by atoms with van der Waals surface area (Å²) >= 11 is 0. The zero-order chi connectivity index (χ0) is 27.2. The van der Waals surface area contributed by atoms with Gasteiger partial charge in [0.25, 0.3) is 5.91 Å². The zero-order valence-corrected chi connectivity index (χ0v) is 22.1. The van der Waals surface area contributed by atoms with Gasteiger partial charge in [-0.05, 0) is 68.7 Å². The summed E-state index contributed by atoms with van der Waals surface area (Å²) in [5.74, 6) is 1.93. The molecule has 0 saturated heterocycles. The number of carbonyl (C=O) groups excluding carboxylic acids is 1. The number of hydrogen-bond donors (Lipinski definition) is 3. The molecule has 1 amide bonds. The van der Waals surface area contributed by atoms with Crippen LogP contribution in [0, 0.1) is 20.8 Å². The molecule has 2 aromatic carbocycles. The maximum Gasteiger partial charge on any atom is 0.255 e. The minimum Gasteiger partial charge on any atom is -0.370 e. The van der Waals surface area contributed by atoms with Crippen LogP contribution in [-0.4, -0.2) is 37.2 Å². The van der Waals surface area contributed by atoms with Gasteiger partial charge >= 0.3 is 0 Å². The molecule has 0 bridgehead atoms. The number of aromatic nitrogens is 5. The zero-order valence-electron chi connectivity index (χ0n) is 22.1. The lowest BCUT2D eigenvalue weighted by Gasteiger charge is -2.14. The molecule has 0 atom stereocenters. The van der Waals surface area contributed by atoms with E-state index in [1.54, 1.807) is 16.9 Å². The smallest absolute Gasteiger partial charge is 0.255 e. The molecule has 0 radical (unpaired) electrons. The summed E-state index contributed by atoms with van der Waals surface area (Å²) < 4.78 is 1.75. The summed E-state index contributed by atoms with van der Waals surface area (Å²) in [6.45, 7) is 6.62. The van der Waals surface area contributed by atoms with Gasteiger partial charge in [-0.1, -0.05) is 29.8 Å². The van der Waals surface area contributed by atoms with Gasteiger partial charge in [0.15, 0.2) is 5.82 Å². The monoisotopic (exact) mass is 518 g/mol. The molecule has 5 rings (SSSR count). The second-order valence-electron chi connectivity index (χ2n) is 9.36. The van der Waals surface area contributed by atoms with Crippen LogP contribution < -0.4 is 16.0 Å². The normalized spacial score (nSPS) is 10.7. The van der Waals surface area contributed by atoms with Gasteiger partial charge in [-0.25, -0.2) is 9.97 Å². The first kappa shape index (κ1) is 25.6. The average molecular weight is 519 g/mol. The van der Waals surface area contributed by atoms with Crippen LogP contribution in [0.25, 0.3) is 5.82 Å². The highest BCUT2D eigenvalue weighted by Crippen LogP contribution is 2.27. The third-order valence-electron chi connectivity index (χ3n) is 6.18. The van der Waals surface area contributed by atoms with Crippen molar-refractivity contribution in [2.45, 2.75) is 27.2 Å².